The number of nitrogens with one attached hydrogen (secondary N) is 2. The summed E-state index contributed by atoms with van der Waals surface area (Å²) in [5.41, 5.74) is -0.434. The lowest BCUT2D eigenvalue weighted by Gasteiger charge is -2.31. The summed E-state index contributed by atoms with van der Waals surface area (Å²) in [6, 6.07) is 0.782. The number of hydrogen-bond acceptors (Lipinski definition) is 3. The van der Waals surface area contributed by atoms with Crippen molar-refractivity contribution in [3.63, 3.8) is 0 Å². The van der Waals surface area contributed by atoms with Gasteiger partial charge in [0.15, 0.2) is 0 Å². The Balaban J connectivity index is 1.69. The summed E-state index contributed by atoms with van der Waals surface area (Å²) in [5, 5.41) is 6.67. The largest absolute Gasteiger partial charge is 0.444 e. The first kappa shape index (κ1) is 17.6. The topological polar surface area (TPSA) is 50.4 Å². The second-order valence-electron chi connectivity index (χ2n) is 8.12. The fraction of sp³-hybridized carbons (Fsp3) is 0.944. The molecular weight excluding hydrogens is 276 g/mol. The fourth-order valence-electron chi connectivity index (χ4n) is 3.49. The zero-order valence-corrected chi connectivity index (χ0v) is 14.8. The Hall–Kier alpha value is -0.770. The van der Waals surface area contributed by atoms with Gasteiger partial charge in [0, 0.05) is 18.6 Å². The predicted octanol–water partition coefficient (Wildman–Crippen LogP) is 3.85. The zero-order valence-electron chi connectivity index (χ0n) is 14.8. The molecule has 0 heterocycles. The molecule has 2 saturated carbocycles. The lowest BCUT2D eigenvalue weighted by molar-refractivity contribution is 0.0501. The third kappa shape index (κ3) is 6.15. The summed E-state index contributed by atoms with van der Waals surface area (Å²) in [4.78, 5) is 11.9. The molecule has 2 aliphatic rings. The number of carbonyl (C=O) groups excluding carboxylic acids is 1. The third-order valence-corrected chi connectivity index (χ3v) is 4.87. The summed E-state index contributed by atoms with van der Waals surface area (Å²) >= 11 is 0. The van der Waals surface area contributed by atoms with Crippen molar-refractivity contribution in [1.29, 1.82) is 0 Å². The van der Waals surface area contributed by atoms with E-state index in [1.165, 1.54) is 38.5 Å². The fourth-order valence-corrected chi connectivity index (χ4v) is 3.49. The smallest absolute Gasteiger partial charge is 0.407 e. The van der Waals surface area contributed by atoms with E-state index in [-0.39, 0.29) is 12.1 Å². The lowest BCUT2D eigenvalue weighted by atomic mass is 9.82. The first-order valence-corrected chi connectivity index (χ1v) is 9.10. The Morgan fingerprint density at radius 3 is 2.50 bits per heavy atom. The number of hydrogen-bond donors (Lipinski definition) is 2. The molecule has 0 bridgehead atoms. The molecule has 2 fully saturated rings. The van der Waals surface area contributed by atoms with Crippen molar-refractivity contribution in [3.8, 4) is 0 Å². The highest BCUT2D eigenvalue weighted by Crippen LogP contribution is 2.43. The Labute approximate surface area is 135 Å². The van der Waals surface area contributed by atoms with Crippen LogP contribution in [0, 0.1) is 11.8 Å². The van der Waals surface area contributed by atoms with Gasteiger partial charge in [0.25, 0.3) is 0 Å². The highest BCUT2D eigenvalue weighted by atomic mass is 16.6. The van der Waals surface area contributed by atoms with Gasteiger partial charge in [-0.15, -0.1) is 0 Å². The maximum atomic E-state index is 11.9. The van der Waals surface area contributed by atoms with Gasteiger partial charge >= 0.3 is 6.09 Å². The maximum absolute atomic E-state index is 11.9. The van der Waals surface area contributed by atoms with Gasteiger partial charge in [-0.2, -0.15) is 0 Å². The highest BCUT2D eigenvalue weighted by Gasteiger charge is 2.34. The van der Waals surface area contributed by atoms with Gasteiger partial charge in [0.2, 0.25) is 0 Å². The van der Waals surface area contributed by atoms with Gasteiger partial charge in [-0.1, -0.05) is 19.8 Å². The summed E-state index contributed by atoms with van der Waals surface area (Å²) in [5.74, 6) is 1.97. The van der Waals surface area contributed by atoms with E-state index >= 15 is 0 Å². The van der Waals surface area contributed by atoms with Crippen molar-refractivity contribution in [1.82, 2.24) is 10.6 Å². The maximum Gasteiger partial charge on any atom is 0.407 e. The average Bonchev–Trinajstić information content (AvgIpc) is 3.26. The molecule has 3 atom stereocenters. The van der Waals surface area contributed by atoms with E-state index in [0.29, 0.717) is 6.04 Å². The second kappa shape index (κ2) is 7.67. The molecule has 0 radical (unpaired) electrons. The first-order valence-electron chi connectivity index (χ1n) is 9.10. The minimum absolute atomic E-state index is 0.149. The lowest BCUT2D eigenvalue weighted by Crippen LogP contribution is -2.47. The van der Waals surface area contributed by atoms with E-state index in [0.717, 1.165) is 24.8 Å². The van der Waals surface area contributed by atoms with Crippen molar-refractivity contribution in [3.05, 3.63) is 0 Å². The highest BCUT2D eigenvalue weighted by molar-refractivity contribution is 5.68. The molecule has 0 saturated heterocycles. The van der Waals surface area contributed by atoms with Crippen LogP contribution in [0.1, 0.15) is 72.6 Å². The van der Waals surface area contributed by atoms with Crippen LogP contribution in [-0.4, -0.2) is 30.3 Å². The van der Waals surface area contributed by atoms with Crippen LogP contribution >= 0.6 is 0 Å². The molecule has 0 aromatic heterocycles. The summed E-state index contributed by atoms with van der Waals surface area (Å²) in [6.07, 6.45) is 8.92. The standard InChI is InChI=1S/C18H34N2O2/c1-5-15(20-17(21)22-18(2,3)4)12-19-16-8-6-7-14(11-16)13-9-10-13/h13-16,19H,5-12H2,1-4H3,(H,20,21). The van der Waals surface area contributed by atoms with Crippen molar-refractivity contribution in [2.75, 3.05) is 6.54 Å². The normalized spacial score (nSPS) is 27.3. The number of amides is 1. The molecule has 2 N–H and O–H groups in total. The zero-order chi connectivity index (χ0) is 16.2. The third-order valence-electron chi connectivity index (χ3n) is 4.87. The Bertz CT molecular complexity index is 361. The van der Waals surface area contributed by atoms with Gasteiger partial charge in [0.1, 0.15) is 5.60 Å². The first-order chi connectivity index (χ1) is 10.4. The molecule has 0 aromatic rings. The van der Waals surface area contributed by atoms with Crippen LogP contribution in [0.5, 0.6) is 0 Å². The van der Waals surface area contributed by atoms with Crippen LogP contribution in [0.25, 0.3) is 0 Å². The molecule has 22 heavy (non-hydrogen) atoms. The average molecular weight is 310 g/mol. The van der Waals surface area contributed by atoms with E-state index in [9.17, 15) is 4.79 Å². The van der Waals surface area contributed by atoms with Gasteiger partial charge in [-0.25, -0.2) is 4.79 Å². The Morgan fingerprint density at radius 1 is 1.18 bits per heavy atom. The molecule has 4 nitrogen and oxygen atoms in total. The summed E-state index contributed by atoms with van der Waals surface area (Å²) < 4.78 is 5.34. The van der Waals surface area contributed by atoms with Crippen LogP contribution in [-0.2, 0) is 4.74 Å². The van der Waals surface area contributed by atoms with Crippen molar-refractivity contribution in [2.45, 2.75) is 90.3 Å². The number of rotatable bonds is 6. The van der Waals surface area contributed by atoms with Crippen molar-refractivity contribution >= 4 is 6.09 Å². The second-order valence-corrected chi connectivity index (χ2v) is 8.12. The molecule has 3 unspecified atom stereocenters. The summed E-state index contributed by atoms with van der Waals surface area (Å²) in [7, 11) is 0. The Morgan fingerprint density at radius 2 is 1.91 bits per heavy atom. The van der Waals surface area contributed by atoms with Gasteiger partial charge in [-0.05, 0) is 64.7 Å². The van der Waals surface area contributed by atoms with Crippen LogP contribution in [0.2, 0.25) is 0 Å². The Kier molecular flexibility index (Phi) is 6.13. The number of carbonyl (C=O) groups is 1. The van der Waals surface area contributed by atoms with Gasteiger partial charge in [0.05, 0.1) is 0 Å². The summed E-state index contributed by atoms with van der Waals surface area (Å²) in [6.45, 7) is 8.64. The predicted molar refractivity (Wildman–Crippen MR) is 89.9 cm³/mol. The molecule has 2 aliphatic carbocycles. The van der Waals surface area contributed by atoms with E-state index in [1.807, 2.05) is 20.8 Å². The molecule has 1 amide bonds. The van der Waals surface area contributed by atoms with Crippen LogP contribution in [0.4, 0.5) is 4.79 Å². The molecule has 128 valence electrons. The van der Waals surface area contributed by atoms with Gasteiger partial charge in [-0.3, -0.25) is 0 Å². The SMILES string of the molecule is CCC(CNC1CCCC(C2CC2)C1)NC(=O)OC(C)(C)C. The van der Waals surface area contributed by atoms with Crippen molar-refractivity contribution in [2.24, 2.45) is 11.8 Å². The number of ether oxygens (including phenoxy) is 1. The molecule has 0 spiro atoms. The van der Waals surface area contributed by atoms with Gasteiger partial charge < -0.3 is 15.4 Å². The van der Waals surface area contributed by atoms with E-state index in [2.05, 4.69) is 17.6 Å². The molecular formula is C18H34N2O2. The van der Waals surface area contributed by atoms with Crippen LogP contribution < -0.4 is 10.6 Å². The van der Waals surface area contributed by atoms with Crippen LogP contribution in [0.3, 0.4) is 0 Å². The van der Waals surface area contributed by atoms with E-state index in [4.69, 9.17) is 4.74 Å². The molecule has 0 aliphatic heterocycles. The molecule has 0 aromatic carbocycles. The minimum Gasteiger partial charge on any atom is -0.444 e. The van der Waals surface area contributed by atoms with E-state index < -0.39 is 5.60 Å². The monoisotopic (exact) mass is 310 g/mol. The number of alkyl carbamates (subject to hydrolysis) is 1. The van der Waals surface area contributed by atoms with Crippen LogP contribution in [0.15, 0.2) is 0 Å². The minimum atomic E-state index is -0.434. The van der Waals surface area contributed by atoms with Crippen molar-refractivity contribution < 1.29 is 9.53 Å². The quantitative estimate of drug-likeness (QED) is 0.783. The molecule has 4 heteroatoms. The molecule has 2 rings (SSSR count). The van der Waals surface area contributed by atoms with E-state index in [1.54, 1.807) is 0 Å².